The first-order valence-corrected chi connectivity index (χ1v) is 17.6. The van der Waals surface area contributed by atoms with Crippen molar-refractivity contribution in [2.75, 3.05) is 0 Å². The maximum absolute atomic E-state index is 2.41. The van der Waals surface area contributed by atoms with E-state index in [1.807, 2.05) is 0 Å². The number of hydrogen-bond acceptors (Lipinski definition) is 0. The summed E-state index contributed by atoms with van der Waals surface area (Å²) in [5, 5.41) is 10.3. The van der Waals surface area contributed by atoms with Crippen LogP contribution in [0.4, 0.5) is 0 Å². The minimum atomic E-state index is 0.240. The number of benzene rings is 8. The minimum Gasteiger partial charge on any atom is -0.0760 e. The third kappa shape index (κ3) is 4.76. The highest BCUT2D eigenvalue weighted by atomic mass is 14.3. The monoisotopic (exact) mass is 634 g/mol. The van der Waals surface area contributed by atoms with Crippen LogP contribution in [0.2, 0.25) is 0 Å². The Morgan fingerprint density at radius 3 is 1.50 bits per heavy atom. The van der Waals surface area contributed by atoms with E-state index in [0.29, 0.717) is 0 Å². The summed E-state index contributed by atoms with van der Waals surface area (Å²) < 4.78 is 0. The topological polar surface area (TPSA) is 0 Å². The molecular formula is C50H34. The zero-order valence-electron chi connectivity index (χ0n) is 27.6. The summed E-state index contributed by atoms with van der Waals surface area (Å²) in [7, 11) is 0. The van der Waals surface area contributed by atoms with Gasteiger partial charge in [-0.25, -0.2) is 0 Å². The van der Waals surface area contributed by atoms with E-state index in [-0.39, 0.29) is 11.8 Å². The molecule has 0 fully saturated rings. The van der Waals surface area contributed by atoms with Gasteiger partial charge in [-0.2, -0.15) is 0 Å². The highest BCUT2D eigenvalue weighted by molar-refractivity contribution is 5.97. The Balaban J connectivity index is 1.10. The summed E-state index contributed by atoms with van der Waals surface area (Å²) in [5.74, 6) is 0.487. The van der Waals surface area contributed by atoms with Crippen molar-refractivity contribution in [3.63, 3.8) is 0 Å². The first-order valence-electron chi connectivity index (χ1n) is 17.6. The normalized spacial score (nSPS) is 16.6. The second kappa shape index (κ2) is 11.7. The molecule has 0 heteroatoms. The first kappa shape index (κ1) is 28.7. The van der Waals surface area contributed by atoms with Crippen LogP contribution in [-0.4, -0.2) is 0 Å². The smallest absolute Gasteiger partial charge is 0.0137 e. The molecule has 0 amide bonds. The Kier molecular flexibility index (Phi) is 6.74. The van der Waals surface area contributed by atoms with Crippen LogP contribution in [0.15, 0.2) is 194 Å². The standard InChI is InChI=1S/C50H34/c1-2-13-35-29-38(24-23-33(35)11-1)40-28-27-39-30-37(25-26-41(39)31-40)36-15-9-16-42(32-36)49-45-18-5-7-20-47(45)50(48-21-8-6-19-46(48)49)44-22-10-14-34-12-3-4-17-43(34)44/h1-32,45,47H. The molecule has 10 rings (SSSR count). The van der Waals surface area contributed by atoms with Crippen LogP contribution < -0.4 is 10.4 Å². The van der Waals surface area contributed by atoms with Crippen LogP contribution in [0.5, 0.6) is 0 Å². The van der Waals surface area contributed by atoms with E-state index >= 15 is 0 Å². The summed E-state index contributed by atoms with van der Waals surface area (Å²) in [4.78, 5) is 0. The highest BCUT2D eigenvalue weighted by Crippen LogP contribution is 2.42. The van der Waals surface area contributed by atoms with E-state index in [1.54, 1.807) is 0 Å². The highest BCUT2D eigenvalue weighted by Gasteiger charge is 2.32. The molecule has 0 bridgehead atoms. The second-order valence-corrected chi connectivity index (χ2v) is 13.6. The van der Waals surface area contributed by atoms with Crippen molar-refractivity contribution in [2.45, 2.75) is 0 Å². The fraction of sp³-hybridized carbons (Fsp3) is 0.0400. The number of fused-ring (bicyclic) bond motifs is 5. The van der Waals surface area contributed by atoms with E-state index < -0.39 is 0 Å². The van der Waals surface area contributed by atoms with Gasteiger partial charge in [-0.1, -0.05) is 170 Å². The lowest BCUT2D eigenvalue weighted by Crippen LogP contribution is -2.40. The Labute approximate surface area is 292 Å². The van der Waals surface area contributed by atoms with Gasteiger partial charge in [-0.05, 0) is 112 Å². The van der Waals surface area contributed by atoms with E-state index in [2.05, 4.69) is 194 Å². The molecule has 2 atom stereocenters. The summed E-state index contributed by atoms with van der Waals surface area (Å²) >= 11 is 0. The molecule has 0 aliphatic heterocycles. The average Bonchev–Trinajstić information content (AvgIpc) is 3.19. The molecule has 0 radical (unpaired) electrons. The largest absolute Gasteiger partial charge is 0.0760 e. The maximum Gasteiger partial charge on any atom is 0.0137 e. The van der Waals surface area contributed by atoms with E-state index in [1.165, 1.54) is 87.3 Å². The van der Waals surface area contributed by atoms with Gasteiger partial charge in [0.1, 0.15) is 0 Å². The molecule has 0 spiro atoms. The first-order chi connectivity index (χ1) is 24.8. The van der Waals surface area contributed by atoms with Crippen molar-refractivity contribution in [1.29, 1.82) is 0 Å². The lowest BCUT2D eigenvalue weighted by atomic mass is 9.69. The molecule has 2 unspecified atom stereocenters. The van der Waals surface area contributed by atoms with Crippen LogP contribution in [-0.2, 0) is 0 Å². The van der Waals surface area contributed by atoms with Crippen molar-refractivity contribution in [2.24, 2.45) is 11.8 Å². The fourth-order valence-electron chi connectivity index (χ4n) is 8.44. The van der Waals surface area contributed by atoms with E-state index in [0.717, 1.165) is 0 Å². The van der Waals surface area contributed by atoms with Crippen molar-refractivity contribution < 1.29 is 0 Å². The molecule has 2 aliphatic carbocycles. The van der Waals surface area contributed by atoms with Crippen LogP contribution in [0.25, 0.3) is 65.7 Å². The maximum atomic E-state index is 2.41. The van der Waals surface area contributed by atoms with Crippen LogP contribution in [0.3, 0.4) is 0 Å². The molecular weight excluding hydrogens is 601 g/mol. The van der Waals surface area contributed by atoms with Crippen molar-refractivity contribution >= 4 is 43.5 Å². The zero-order chi connectivity index (χ0) is 33.0. The lowest BCUT2D eigenvalue weighted by Gasteiger charge is -2.34. The van der Waals surface area contributed by atoms with Gasteiger partial charge in [0.05, 0.1) is 0 Å². The van der Waals surface area contributed by atoms with Gasteiger partial charge in [0, 0.05) is 11.8 Å². The average molecular weight is 635 g/mol. The Morgan fingerprint density at radius 1 is 0.300 bits per heavy atom. The lowest BCUT2D eigenvalue weighted by molar-refractivity contribution is 0.687. The molecule has 8 aromatic carbocycles. The summed E-state index contributed by atoms with van der Waals surface area (Å²) in [6.45, 7) is 0. The van der Waals surface area contributed by atoms with Gasteiger partial charge in [0.15, 0.2) is 0 Å². The third-order valence-electron chi connectivity index (χ3n) is 10.8. The molecule has 0 saturated carbocycles. The van der Waals surface area contributed by atoms with Crippen LogP contribution in [0, 0.1) is 11.8 Å². The number of allylic oxidation sites excluding steroid dienone is 4. The quantitative estimate of drug-likeness (QED) is 0.181. The van der Waals surface area contributed by atoms with E-state index in [4.69, 9.17) is 0 Å². The van der Waals surface area contributed by atoms with Gasteiger partial charge in [-0.3, -0.25) is 0 Å². The Morgan fingerprint density at radius 2 is 0.780 bits per heavy atom. The summed E-state index contributed by atoms with van der Waals surface area (Å²) in [6.07, 6.45) is 9.29. The van der Waals surface area contributed by atoms with Crippen molar-refractivity contribution in [3.8, 4) is 22.3 Å². The molecule has 0 N–H and O–H groups in total. The van der Waals surface area contributed by atoms with Crippen LogP contribution in [0.1, 0.15) is 11.1 Å². The van der Waals surface area contributed by atoms with E-state index in [9.17, 15) is 0 Å². The predicted molar refractivity (Wildman–Crippen MR) is 212 cm³/mol. The summed E-state index contributed by atoms with van der Waals surface area (Å²) in [6, 6.07) is 62.8. The van der Waals surface area contributed by atoms with Crippen molar-refractivity contribution in [3.05, 3.63) is 216 Å². The molecule has 0 nitrogen and oxygen atoms in total. The molecule has 0 saturated heterocycles. The third-order valence-corrected chi connectivity index (χ3v) is 10.8. The Hall–Kier alpha value is -6.24. The molecule has 8 aromatic rings. The number of hydrogen-bond donors (Lipinski definition) is 0. The van der Waals surface area contributed by atoms with Gasteiger partial charge >= 0.3 is 0 Å². The summed E-state index contributed by atoms with van der Waals surface area (Å²) in [5.41, 5.74) is 10.4. The van der Waals surface area contributed by atoms with Gasteiger partial charge in [0.2, 0.25) is 0 Å². The second-order valence-electron chi connectivity index (χ2n) is 13.6. The zero-order valence-corrected chi connectivity index (χ0v) is 27.6. The van der Waals surface area contributed by atoms with Gasteiger partial charge in [0.25, 0.3) is 0 Å². The Bertz CT molecular complexity index is 2820. The SMILES string of the molecule is C1=CC2C(c3cccc(-c4ccc5cc(-c6ccc7ccccc7c6)ccc5c4)c3)=c3ccccc3=C(c3cccc4ccccc34)C2C=C1. The number of rotatable bonds is 4. The molecule has 2 aliphatic rings. The van der Waals surface area contributed by atoms with Crippen molar-refractivity contribution in [1.82, 2.24) is 0 Å². The van der Waals surface area contributed by atoms with Crippen LogP contribution >= 0.6 is 0 Å². The van der Waals surface area contributed by atoms with Gasteiger partial charge < -0.3 is 0 Å². The fourth-order valence-corrected chi connectivity index (χ4v) is 8.44. The molecule has 0 aromatic heterocycles. The molecule has 0 heterocycles. The molecule has 234 valence electrons. The predicted octanol–water partition coefficient (Wildman–Crippen LogP) is 11.3. The van der Waals surface area contributed by atoms with Gasteiger partial charge in [-0.15, -0.1) is 0 Å². The minimum absolute atomic E-state index is 0.240. The molecule has 50 heavy (non-hydrogen) atoms.